The second-order valence-corrected chi connectivity index (χ2v) is 5.39. The maximum Gasteiger partial charge on any atom is 0.292 e. The monoisotopic (exact) mass is 311 g/mol. The van der Waals surface area contributed by atoms with Gasteiger partial charge in [0.25, 0.3) is 6.01 Å². The van der Waals surface area contributed by atoms with Gasteiger partial charge < -0.3 is 21.2 Å². The molecule has 0 saturated carbocycles. The summed E-state index contributed by atoms with van der Waals surface area (Å²) >= 11 is 0. The maximum atomic E-state index is 8.49. The number of oxazole rings is 1. The maximum absolute atomic E-state index is 8.49. The molecule has 0 fully saturated rings. The van der Waals surface area contributed by atoms with Crippen LogP contribution in [-0.2, 0) is 0 Å². The van der Waals surface area contributed by atoms with Crippen LogP contribution in [0.5, 0.6) is 0 Å². The Morgan fingerprint density at radius 3 is 2.78 bits per heavy atom. The smallest absolute Gasteiger partial charge is 0.292 e. The summed E-state index contributed by atoms with van der Waals surface area (Å²) in [7, 11) is 0. The molecule has 0 spiro atoms. The van der Waals surface area contributed by atoms with Crippen molar-refractivity contribution in [1.29, 1.82) is 5.41 Å². The number of aromatic nitrogens is 3. The molecule has 118 valence electrons. The predicted molar refractivity (Wildman–Crippen MR) is 89.6 cm³/mol. The number of nitrogen functional groups attached to an aromatic ring is 2. The number of nitrogens with one attached hydrogen (secondary N) is 2. The molecular formula is C15H17N7O. The summed E-state index contributed by atoms with van der Waals surface area (Å²) in [4.78, 5) is 12.2. The molecule has 0 bridgehead atoms. The molecule has 1 aromatic carbocycles. The Hall–Kier alpha value is -3.16. The fourth-order valence-corrected chi connectivity index (χ4v) is 2.27. The number of benzene rings is 1. The summed E-state index contributed by atoms with van der Waals surface area (Å²) in [5, 5.41) is 11.7. The van der Waals surface area contributed by atoms with E-state index in [-0.39, 0.29) is 23.6 Å². The van der Waals surface area contributed by atoms with Gasteiger partial charge in [0.15, 0.2) is 5.58 Å². The molecule has 0 amide bonds. The molecule has 3 aromatic rings. The van der Waals surface area contributed by atoms with Crippen molar-refractivity contribution >= 4 is 34.5 Å². The molecular weight excluding hydrogens is 294 g/mol. The topological polar surface area (TPSA) is 140 Å². The first-order chi connectivity index (χ1) is 11.0. The van der Waals surface area contributed by atoms with E-state index in [1.807, 2.05) is 13.8 Å². The second kappa shape index (κ2) is 5.56. The van der Waals surface area contributed by atoms with Gasteiger partial charge in [0.05, 0.1) is 11.3 Å². The SMILES string of the molecule is CC(C)Nc1ncnc(N)c1C(=N)c1ccc2nc(N)oc2c1. The molecule has 2 heterocycles. The van der Waals surface area contributed by atoms with Gasteiger partial charge >= 0.3 is 0 Å². The van der Waals surface area contributed by atoms with Crippen LogP contribution in [0.2, 0.25) is 0 Å². The van der Waals surface area contributed by atoms with Gasteiger partial charge in [-0.05, 0) is 26.0 Å². The molecule has 0 aliphatic carbocycles. The zero-order valence-corrected chi connectivity index (χ0v) is 12.8. The van der Waals surface area contributed by atoms with Gasteiger partial charge in [0, 0.05) is 11.6 Å². The van der Waals surface area contributed by atoms with Crippen LogP contribution in [0.25, 0.3) is 11.1 Å². The Balaban J connectivity index is 2.07. The lowest BCUT2D eigenvalue weighted by Gasteiger charge is -2.15. The van der Waals surface area contributed by atoms with Crippen LogP contribution in [0.3, 0.4) is 0 Å². The number of nitrogens with zero attached hydrogens (tertiary/aromatic N) is 3. The average Bonchev–Trinajstić information content (AvgIpc) is 2.85. The third-order valence-corrected chi connectivity index (χ3v) is 3.25. The molecule has 2 aromatic heterocycles. The lowest BCUT2D eigenvalue weighted by molar-refractivity contribution is 0.626. The van der Waals surface area contributed by atoms with Gasteiger partial charge in [-0.25, -0.2) is 9.97 Å². The molecule has 0 aliphatic heterocycles. The van der Waals surface area contributed by atoms with Gasteiger partial charge in [0.1, 0.15) is 23.5 Å². The number of hydrogen-bond donors (Lipinski definition) is 4. The van der Waals surface area contributed by atoms with E-state index in [0.29, 0.717) is 28.0 Å². The first kappa shape index (κ1) is 14.8. The van der Waals surface area contributed by atoms with Crippen LogP contribution >= 0.6 is 0 Å². The van der Waals surface area contributed by atoms with Crippen molar-refractivity contribution < 1.29 is 4.42 Å². The molecule has 8 heteroatoms. The molecule has 6 N–H and O–H groups in total. The third-order valence-electron chi connectivity index (χ3n) is 3.25. The van der Waals surface area contributed by atoms with E-state index in [0.717, 1.165) is 0 Å². The standard InChI is InChI=1S/C15H17N7O/c1-7(2)21-14-11(13(17)19-6-20-14)12(16)8-3-4-9-10(5-8)23-15(18)22-9/h3-7,16H,1-2H3,(H2,18,22)(H3,17,19,20,21). The highest BCUT2D eigenvalue weighted by Crippen LogP contribution is 2.25. The highest BCUT2D eigenvalue weighted by molar-refractivity contribution is 6.17. The minimum Gasteiger partial charge on any atom is -0.424 e. The lowest BCUT2D eigenvalue weighted by Crippen LogP contribution is -2.17. The summed E-state index contributed by atoms with van der Waals surface area (Å²) in [6.07, 6.45) is 1.37. The molecule has 0 saturated heterocycles. The lowest BCUT2D eigenvalue weighted by atomic mass is 10.0. The first-order valence-corrected chi connectivity index (χ1v) is 7.08. The molecule has 0 radical (unpaired) electrons. The summed E-state index contributed by atoms with van der Waals surface area (Å²) in [5.41, 5.74) is 13.9. The molecule has 0 unspecified atom stereocenters. The number of anilines is 3. The average molecular weight is 311 g/mol. The van der Waals surface area contributed by atoms with Crippen LogP contribution < -0.4 is 16.8 Å². The van der Waals surface area contributed by atoms with Crippen molar-refractivity contribution in [2.24, 2.45) is 0 Å². The van der Waals surface area contributed by atoms with E-state index in [1.165, 1.54) is 6.33 Å². The van der Waals surface area contributed by atoms with E-state index in [4.69, 9.17) is 21.3 Å². The van der Waals surface area contributed by atoms with E-state index >= 15 is 0 Å². The summed E-state index contributed by atoms with van der Waals surface area (Å²) in [6, 6.07) is 5.44. The quantitative estimate of drug-likeness (QED) is 0.540. The summed E-state index contributed by atoms with van der Waals surface area (Å²) in [6.45, 7) is 3.96. The van der Waals surface area contributed by atoms with E-state index < -0.39 is 0 Å². The van der Waals surface area contributed by atoms with Gasteiger partial charge in [-0.3, -0.25) is 5.41 Å². The number of rotatable bonds is 4. The van der Waals surface area contributed by atoms with Gasteiger partial charge in [-0.15, -0.1) is 0 Å². The fourth-order valence-electron chi connectivity index (χ4n) is 2.27. The molecule has 0 aliphatic rings. The van der Waals surface area contributed by atoms with Crippen molar-refractivity contribution in [3.63, 3.8) is 0 Å². The Labute approximate surface area is 132 Å². The van der Waals surface area contributed by atoms with Crippen molar-refractivity contribution in [2.45, 2.75) is 19.9 Å². The first-order valence-electron chi connectivity index (χ1n) is 7.08. The van der Waals surface area contributed by atoms with Crippen LogP contribution in [0.15, 0.2) is 28.9 Å². The van der Waals surface area contributed by atoms with Gasteiger partial charge in [0.2, 0.25) is 0 Å². The minimum atomic E-state index is 0.0911. The highest BCUT2D eigenvalue weighted by atomic mass is 16.4. The second-order valence-electron chi connectivity index (χ2n) is 5.39. The zero-order valence-electron chi connectivity index (χ0n) is 12.8. The molecule has 3 rings (SSSR count). The van der Waals surface area contributed by atoms with E-state index in [2.05, 4.69) is 20.3 Å². The minimum absolute atomic E-state index is 0.0911. The Kier molecular flexibility index (Phi) is 3.57. The Bertz CT molecular complexity index is 885. The summed E-state index contributed by atoms with van der Waals surface area (Å²) in [5.74, 6) is 0.764. The zero-order chi connectivity index (χ0) is 16.6. The Morgan fingerprint density at radius 1 is 1.26 bits per heavy atom. The fraction of sp³-hybridized carbons (Fsp3) is 0.200. The molecule has 8 nitrogen and oxygen atoms in total. The normalized spacial score (nSPS) is 11.1. The number of hydrogen-bond acceptors (Lipinski definition) is 8. The van der Waals surface area contributed by atoms with Crippen molar-refractivity contribution in [3.8, 4) is 0 Å². The number of fused-ring (bicyclic) bond motifs is 1. The predicted octanol–water partition coefficient (Wildman–Crippen LogP) is 2.02. The van der Waals surface area contributed by atoms with Crippen LogP contribution in [0.4, 0.5) is 17.7 Å². The molecule has 23 heavy (non-hydrogen) atoms. The van der Waals surface area contributed by atoms with Crippen molar-refractivity contribution in [2.75, 3.05) is 16.8 Å². The van der Waals surface area contributed by atoms with Crippen LogP contribution in [0.1, 0.15) is 25.0 Å². The number of nitrogens with two attached hydrogens (primary N) is 2. The van der Waals surface area contributed by atoms with Crippen molar-refractivity contribution in [1.82, 2.24) is 15.0 Å². The Morgan fingerprint density at radius 2 is 2.04 bits per heavy atom. The van der Waals surface area contributed by atoms with Gasteiger partial charge in [-0.2, -0.15) is 4.98 Å². The van der Waals surface area contributed by atoms with E-state index in [1.54, 1.807) is 18.2 Å². The van der Waals surface area contributed by atoms with Crippen LogP contribution in [-0.4, -0.2) is 26.7 Å². The third kappa shape index (κ3) is 2.78. The van der Waals surface area contributed by atoms with Crippen LogP contribution in [0, 0.1) is 5.41 Å². The van der Waals surface area contributed by atoms with Crippen molar-refractivity contribution in [3.05, 3.63) is 35.7 Å². The molecule has 0 atom stereocenters. The largest absolute Gasteiger partial charge is 0.424 e. The van der Waals surface area contributed by atoms with Gasteiger partial charge in [-0.1, -0.05) is 6.07 Å². The summed E-state index contributed by atoms with van der Waals surface area (Å²) < 4.78 is 5.31. The van der Waals surface area contributed by atoms with E-state index in [9.17, 15) is 0 Å². The highest BCUT2D eigenvalue weighted by Gasteiger charge is 2.17.